The van der Waals surface area contributed by atoms with E-state index in [2.05, 4.69) is 42.3 Å². The zero-order valence-corrected chi connectivity index (χ0v) is 12.3. The van der Waals surface area contributed by atoms with Crippen molar-refractivity contribution < 1.29 is 0 Å². The summed E-state index contributed by atoms with van der Waals surface area (Å²) >= 11 is 1.66. The van der Waals surface area contributed by atoms with E-state index in [4.69, 9.17) is 0 Å². The molecule has 21 heavy (non-hydrogen) atoms. The number of piperazine rings is 1. The average Bonchev–Trinajstić information content (AvgIpc) is 3.04. The van der Waals surface area contributed by atoms with Gasteiger partial charge in [0.2, 0.25) is 0 Å². The topological polar surface area (TPSA) is 45.2 Å². The van der Waals surface area contributed by atoms with Crippen LogP contribution in [0.2, 0.25) is 0 Å². The predicted octanol–water partition coefficient (Wildman–Crippen LogP) is 2.41. The van der Waals surface area contributed by atoms with Crippen LogP contribution in [0.1, 0.15) is 0 Å². The molecule has 5 nitrogen and oxygen atoms in total. The molecule has 0 aromatic carbocycles. The summed E-state index contributed by atoms with van der Waals surface area (Å²) in [5.41, 5.74) is 0. The highest BCUT2D eigenvalue weighted by atomic mass is 32.1. The maximum Gasteiger partial charge on any atom is 0.140 e. The molecule has 106 valence electrons. The standard InChI is InChI=1S/C15H15N5S/c1-2-5-16-13(3-1)19-6-8-20(9-7-19)14-12-4-10-21-15(12)18-11-17-14/h1-5,10-11H,6-9H2. The van der Waals surface area contributed by atoms with Crippen molar-refractivity contribution in [1.29, 1.82) is 0 Å². The van der Waals surface area contributed by atoms with Crippen molar-refractivity contribution in [1.82, 2.24) is 15.0 Å². The first-order valence-electron chi connectivity index (χ1n) is 7.01. The Morgan fingerprint density at radius 1 is 0.905 bits per heavy atom. The molecule has 0 unspecified atom stereocenters. The lowest BCUT2D eigenvalue weighted by atomic mass is 10.2. The molecular formula is C15H15N5S. The van der Waals surface area contributed by atoms with Crippen LogP contribution in [0.15, 0.2) is 42.2 Å². The fourth-order valence-corrected chi connectivity index (χ4v) is 3.44. The van der Waals surface area contributed by atoms with Crippen molar-refractivity contribution in [2.75, 3.05) is 36.0 Å². The second kappa shape index (κ2) is 5.29. The third kappa shape index (κ3) is 2.31. The fraction of sp³-hybridized carbons (Fsp3) is 0.267. The van der Waals surface area contributed by atoms with Crippen LogP contribution in [-0.2, 0) is 0 Å². The van der Waals surface area contributed by atoms with Crippen LogP contribution in [0.5, 0.6) is 0 Å². The Morgan fingerprint density at radius 2 is 1.76 bits per heavy atom. The Bertz CT molecular complexity index is 734. The quantitative estimate of drug-likeness (QED) is 0.727. The van der Waals surface area contributed by atoms with Crippen LogP contribution in [-0.4, -0.2) is 41.1 Å². The van der Waals surface area contributed by atoms with Crippen LogP contribution in [0.4, 0.5) is 11.6 Å². The molecule has 0 aliphatic carbocycles. The number of aromatic nitrogens is 3. The summed E-state index contributed by atoms with van der Waals surface area (Å²) in [5, 5.41) is 3.24. The molecule has 3 aromatic heterocycles. The van der Waals surface area contributed by atoms with Crippen molar-refractivity contribution in [3.8, 4) is 0 Å². The van der Waals surface area contributed by atoms with Gasteiger partial charge in [-0.15, -0.1) is 11.3 Å². The summed E-state index contributed by atoms with van der Waals surface area (Å²) in [5.74, 6) is 2.11. The van der Waals surface area contributed by atoms with E-state index >= 15 is 0 Å². The van der Waals surface area contributed by atoms with E-state index in [1.165, 1.54) is 0 Å². The van der Waals surface area contributed by atoms with Gasteiger partial charge in [0, 0.05) is 32.4 Å². The van der Waals surface area contributed by atoms with Crippen LogP contribution in [0.3, 0.4) is 0 Å². The van der Waals surface area contributed by atoms with E-state index in [0.29, 0.717) is 0 Å². The Balaban J connectivity index is 1.54. The van der Waals surface area contributed by atoms with Gasteiger partial charge in [-0.1, -0.05) is 6.07 Å². The lowest BCUT2D eigenvalue weighted by molar-refractivity contribution is 0.643. The molecule has 0 atom stereocenters. The molecule has 0 amide bonds. The third-order valence-corrected chi connectivity index (χ3v) is 4.61. The van der Waals surface area contributed by atoms with Gasteiger partial charge in [-0.25, -0.2) is 15.0 Å². The zero-order valence-electron chi connectivity index (χ0n) is 11.5. The minimum Gasteiger partial charge on any atom is -0.353 e. The molecule has 1 fully saturated rings. The molecule has 3 aromatic rings. The zero-order chi connectivity index (χ0) is 14.1. The number of hydrogen-bond acceptors (Lipinski definition) is 6. The molecule has 4 heterocycles. The SMILES string of the molecule is c1ccc(N2CCN(c3ncnc4sccc34)CC2)nc1. The number of hydrogen-bond donors (Lipinski definition) is 0. The fourth-order valence-electron chi connectivity index (χ4n) is 2.72. The van der Waals surface area contributed by atoms with Crippen LogP contribution in [0.25, 0.3) is 10.2 Å². The number of pyridine rings is 1. The maximum atomic E-state index is 4.49. The molecule has 0 N–H and O–H groups in total. The van der Waals surface area contributed by atoms with Gasteiger partial charge in [-0.2, -0.15) is 0 Å². The van der Waals surface area contributed by atoms with Crippen molar-refractivity contribution in [3.63, 3.8) is 0 Å². The number of fused-ring (bicyclic) bond motifs is 1. The molecule has 1 aliphatic rings. The highest BCUT2D eigenvalue weighted by Crippen LogP contribution is 2.27. The Labute approximate surface area is 126 Å². The third-order valence-electron chi connectivity index (χ3n) is 3.79. The van der Waals surface area contributed by atoms with Gasteiger partial charge in [0.15, 0.2) is 0 Å². The second-order valence-corrected chi connectivity index (χ2v) is 5.89. The minimum absolute atomic E-state index is 0.957. The summed E-state index contributed by atoms with van der Waals surface area (Å²) in [7, 11) is 0. The molecule has 1 aliphatic heterocycles. The van der Waals surface area contributed by atoms with Crippen LogP contribution < -0.4 is 9.80 Å². The number of nitrogens with zero attached hydrogens (tertiary/aromatic N) is 5. The summed E-state index contributed by atoms with van der Waals surface area (Å²) in [6, 6.07) is 8.17. The summed E-state index contributed by atoms with van der Waals surface area (Å²) in [4.78, 5) is 19.0. The van der Waals surface area contributed by atoms with E-state index in [1.54, 1.807) is 17.7 Å². The van der Waals surface area contributed by atoms with E-state index < -0.39 is 0 Å². The summed E-state index contributed by atoms with van der Waals surface area (Å²) in [6.45, 7) is 3.84. The predicted molar refractivity (Wildman–Crippen MR) is 86.1 cm³/mol. The van der Waals surface area contributed by atoms with Gasteiger partial charge < -0.3 is 9.80 Å². The van der Waals surface area contributed by atoms with Gasteiger partial charge in [-0.3, -0.25) is 0 Å². The summed E-state index contributed by atoms with van der Waals surface area (Å²) < 4.78 is 0. The van der Waals surface area contributed by atoms with Gasteiger partial charge >= 0.3 is 0 Å². The van der Waals surface area contributed by atoms with Crippen molar-refractivity contribution in [3.05, 3.63) is 42.2 Å². The van der Waals surface area contributed by atoms with E-state index in [0.717, 1.165) is 48.0 Å². The average molecular weight is 297 g/mol. The van der Waals surface area contributed by atoms with Crippen LogP contribution in [0, 0.1) is 0 Å². The van der Waals surface area contributed by atoms with Gasteiger partial charge in [0.25, 0.3) is 0 Å². The van der Waals surface area contributed by atoms with E-state index in [1.807, 2.05) is 18.3 Å². The molecule has 0 spiro atoms. The minimum atomic E-state index is 0.957. The monoisotopic (exact) mass is 297 g/mol. The molecule has 4 rings (SSSR count). The lowest BCUT2D eigenvalue weighted by Gasteiger charge is -2.36. The molecule has 0 bridgehead atoms. The number of anilines is 2. The summed E-state index contributed by atoms with van der Waals surface area (Å²) in [6.07, 6.45) is 3.51. The number of rotatable bonds is 2. The Morgan fingerprint density at radius 3 is 2.57 bits per heavy atom. The van der Waals surface area contributed by atoms with Crippen molar-refractivity contribution in [2.45, 2.75) is 0 Å². The first-order valence-corrected chi connectivity index (χ1v) is 7.89. The molecule has 6 heteroatoms. The largest absolute Gasteiger partial charge is 0.353 e. The highest BCUT2D eigenvalue weighted by Gasteiger charge is 2.20. The normalized spacial score (nSPS) is 15.6. The van der Waals surface area contributed by atoms with E-state index in [9.17, 15) is 0 Å². The van der Waals surface area contributed by atoms with Crippen molar-refractivity contribution in [2.24, 2.45) is 0 Å². The second-order valence-electron chi connectivity index (χ2n) is 5.00. The van der Waals surface area contributed by atoms with Crippen molar-refractivity contribution >= 4 is 33.2 Å². The Hall–Kier alpha value is -2.21. The maximum absolute atomic E-state index is 4.49. The molecule has 0 radical (unpaired) electrons. The smallest absolute Gasteiger partial charge is 0.140 e. The lowest BCUT2D eigenvalue weighted by Crippen LogP contribution is -2.47. The number of thiophene rings is 1. The highest BCUT2D eigenvalue weighted by molar-refractivity contribution is 7.16. The van der Waals surface area contributed by atoms with Gasteiger partial charge in [-0.05, 0) is 23.6 Å². The Kier molecular flexibility index (Phi) is 3.16. The van der Waals surface area contributed by atoms with E-state index in [-0.39, 0.29) is 0 Å². The van der Waals surface area contributed by atoms with Gasteiger partial charge in [0.05, 0.1) is 5.39 Å². The first kappa shape index (κ1) is 12.5. The first-order chi connectivity index (χ1) is 10.4. The molecular weight excluding hydrogens is 282 g/mol. The molecule has 0 saturated carbocycles. The molecule has 1 saturated heterocycles. The van der Waals surface area contributed by atoms with Gasteiger partial charge in [0.1, 0.15) is 22.8 Å². The van der Waals surface area contributed by atoms with Crippen LogP contribution >= 0.6 is 11.3 Å².